The molecule has 0 aliphatic rings. The van der Waals surface area contributed by atoms with Crippen molar-refractivity contribution in [3.05, 3.63) is 0 Å². The SMILES string of the molecule is CCCC(/C=N\N=C(\N)[S-])=N/N=C(/N)[S-].[Cu+2]. The maximum Gasteiger partial charge on any atom is 2.00 e. The quantitative estimate of drug-likeness (QED) is 0.242. The van der Waals surface area contributed by atoms with E-state index in [9.17, 15) is 0 Å². The van der Waals surface area contributed by atoms with Crippen LogP contribution >= 0.6 is 0 Å². The molecule has 16 heavy (non-hydrogen) atoms. The molecule has 0 aliphatic carbocycles. The van der Waals surface area contributed by atoms with Crippen LogP contribution in [0, 0.1) is 0 Å². The first-order valence-electron chi connectivity index (χ1n) is 4.16. The summed E-state index contributed by atoms with van der Waals surface area (Å²) in [6.07, 6.45) is 3.01. The van der Waals surface area contributed by atoms with Crippen molar-refractivity contribution in [2.75, 3.05) is 0 Å². The predicted octanol–water partition coefficient (Wildman–Crippen LogP) is -0.151. The van der Waals surface area contributed by atoms with E-state index in [1.165, 1.54) is 6.21 Å². The Bertz CT molecular complexity index is 304. The van der Waals surface area contributed by atoms with Gasteiger partial charge in [0.15, 0.2) is 0 Å². The van der Waals surface area contributed by atoms with Crippen molar-refractivity contribution in [2.45, 2.75) is 19.8 Å². The van der Waals surface area contributed by atoms with Crippen LogP contribution < -0.4 is 11.5 Å². The monoisotopic (exact) mass is 307 g/mol. The van der Waals surface area contributed by atoms with Crippen molar-refractivity contribution in [1.82, 2.24) is 0 Å². The average Bonchev–Trinajstić information content (AvgIpc) is 2.13. The van der Waals surface area contributed by atoms with Gasteiger partial charge in [0.05, 0.1) is 11.9 Å². The normalized spacial score (nSPS) is 13.9. The minimum absolute atomic E-state index is 0. The molecule has 9 heteroatoms. The molecule has 93 valence electrons. The molecule has 0 heterocycles. The number of nitrogens with two attached hydrogens (primary N) is 2. The summed E-state index contributed by atoms with van der Waals surface area (Å²) in [4.78, 5) is 0. The third-order valence-corrected chi connectivity index (χ3v) is 1.31. The molecule has 0 aliphatic heterocycles. The van der Waals surface area contributed by atoms with Gasteiger partial charge in [-0.05, 0) is 16.8 Å². The van der Waals surface area contributed by atoms with Crippen LogP contribution in [-0.4, -0.2) is 22.3 Å². The van der Waals surface area contributed by atoms with Gasteiger partial charge >= 0.3 is 17.1 Å². The van der Waals surface area contributed by atoms with Crippen LogP contribution in [0.25, 0.3) is 0 Å². The summed E-state index contributed by atoms with van der Waals surface area (Å²) >= 11 is 9.06. The molecule has 4 N–H and O–H groups in total. The molecular weight excluding hydrogens is 296 g/mol. The molecule has 0 fully saturated rings. The van der Waals surface area contributed by atoms with E-state index in [-0.39, 0.29) is 27.4 Å². The first kappa shape index (κ1) is 17.6. The van der Waals surface area contributed by atoms with Crippen molar-refractivity contribution in [3.8, 4) is 0 Å². The van der Waals surface area contributed by atoms with E-state index in [4.69, 9.17) is 11.5 Å². The second-order valence-corrected chi connectivity index (χ2v) is 3.30. The summed E-state index contributed by atoms with van der Waals surface area (Å²) in [5.41, 5.74) is 10.9. The van der Waals surface area contributed by atoms with Crippen molar-refractivity contribution < 1.29 is 17.1 Å². The van der Waals surface area contributed by atoms with Crippen molar-refractivity contribution >= 4 is 47.5 Å². The summed E-state index contributed by atoms with van der Waals surface area (Å²) in [6, 6.07) is 0. The summed E-state index contributed by atoms with van der Waals surface area (Å²) < 4.78 is 0. The molecule has 0 aromatic rings. The van der Waals surface area contributed by atoms with E-state index in [0.717, 1.165) is 6.42 Å². The zero-order valence-corrected chi connectivity index (χ0v) is 11.1. The van der Waals surface area contributed by atoms with Crippen LogP contribution in [-0.2, 0) is 42.3 Å². The Labute approximate surface area is 116 Å². The average molecular weight is 308 g/mol. The van der Waals surface area contributed by atoms with Crippen LogP contribution in [0.4, 0.5) is 0 Å². The first-order valence-corrected chi connectivity index (χ1v) is 4.98. The Kier molecular flexibility index (Phi) is 11.8. The molecule has 0 spiro atoms. The van der Waals surface area contributed by atoms with E-state index < -0.39 is 0 Å². The molecule has 1 radical (unpaired) electrons. The number of nitrogens with zero attached hydrogens (tertiary/aromatic N) is 4. The van der Waals surface area contributed by atoms with E-state index in [0.29, 0.717) is 12.1 Å². The molecule has 0 bridgehead atoms. The second kappa shape index (κ2) is 10.7. The van der Waals surface area contributed by atoms with Gasteiger partial charge < -0.3 is 36.7 Å². The standard InChI is InChI=1S/C7H14N6S2.Cu/c1-2-3-5(11-13-7(9)15)4-10-12-6(8)14;/h4H,2-3H2,1H3,(H3,8,12,14)(H3,9,13,15);/q;+2/p-2/b10-4-,11-5-;. The third-order valence-electron chi connectivity index (χ3n) is 1.15. The van der Waals surface area contributed by atoms with Gasteiger partial charge in [-0.2, -0.15) is 20.4 Å². The van der Waals surface area contributed by atoms with Crippen LogP contribution in [0.1, 0.15) is 19.8 Å². The van der Waals surface area contributed by atoms with E-state index >= 15 is 0 Å². The second-order valence-electron chi connectivity index (χ2n) is 2.46. The topological polar surface area (TPSA) is 101 Å². The van der Waals surface area contributed by atoms with Gasteiger partial charge in [-0.15, -0.1) is 0 Å². The molecule has 0 aromatic carbocycles. The minimum Gasteiger partial charge on any atom is -0.741 e. The Morgan fingerprint density at radius 1 is 1.12 bits per heavy atom. The zero-order chi connectivity index (χ0) is 11.7. The van der Waals surface area contributed by atoms with Crippen molar-refractivity contribution in [1.29, 1.82) is 0 Å². The third kappa shape index (κ3) is 11.3. The largest absolute Gasteiger partial charge is 2.00 e. The smallest absolute Gasteiger partial charge is 0.741 e. The summed E-state index contributed by atoms with van der Waals surface area (Å²) in [5, 5.41) is 14.4. The fraction of sp³-hybridized carbons (Fsp3) is 0.429. The van der Waals surface area contributed by atoms with Gasteiger partial charge in [-0.1, -0.05) is 13.3 Å². The summed E-state index contributed by atoms with van der Waals surface area (Å²) in [6.45, 7) is 1.99. The Morgan fingerprint density at radius 2 is 1.69 bits per heavy atom. The summed E-state index contributed by atoms with van der Waals surface area (Å²) in [7, 11) is 0. The maximum absolute atomic E-state index is 5.16. The van der Waals surface area contributed by atoms with Gasteiger partial charge in [0.2, 0.25) is 0 Å². The van der Waals surface area contributed by atoms with E-state index in [1.807, 2.05) is 6.92 Å². The Morgan fingerprint density at radius 3 is 2.12 bits per heavy atom. The van der Waals surface area contributed by atoms with Gasteiger partial charge in [0.1, 0.15) is 0 Å². The minimum atomic E-state index is -0.0339. The molecular formula is C7H12CuN6S2. The molecule has 0 atom stereocenters. The van der Waals surface area contributed by atoms with Crippen LogP contribution in [0.15, 0.2) is 20.4 Å². The molecule has 6 nitrogen and oxygen atoms in total. The van der Waals surface area contributed by atoms with Gasteiger partial charge in [0.25, 0.3) is 0 Å². The van der Waals surface area contributed by atoms with Crippen LogP contribution in [0.5, 0.6) is 0 Å². The molecule has 0 aromatic heterocycles. The fourth-order valence-corrected chi connectivity index (χ4v) is 0.750. The van der Waals surface area contributed by atoms with Gasteiger partial charge in [0, 0.05) is 0 Å². The predicted molar refractivity (Wildman–Crippen MR) is 68.8 cm³/mol. The van der Waals surface area contributed by atoms with Gasteiger partial charge in [-0.3, -0.25) is 0 Å². The molecule has 0 rings (SSSR count). The fourth-order valence-electron chi connectivity index (χ4n) is 0.662. The Balaban J connectivity index is 0. The first-order chi connectivity index (χ1) is 7.06. The summed E-state index contributed by atoms with van der Waals surface area (Å²) in [5.74, 6) is 0. The van der Waals surface area contributed by atoms with E-state index in [2.05, 4.69) is 45.7 Å². The van der Waals surface area contributed by atoms with Crippen LogP contribution in [0.3, 0.4) is 0 Å². The molecule has 0 unspecified atom stereocenters. The van der Waals surface area contributed by atoms with Crippen molar-refractivity contribution in [3.63, 3.8) is 0 Å². The molecule has 0 saturated carbocycles. The van der Waals surface area contributed by atoms with Crippen LogP contribution in [0.2, 0.25) is 0 Å². The van der Waals surface area contributed by atoms with E-state index in [1.54, 1.807) is 0 Å². The number of hydrogen-bond donors (Lipinski definition) is 2. The maximum atomic E-state index is 5.16. The number of hydrogen-bond acceptors (Lipinski definition) is 6. The molecule has 0 amide bonds. The zero-order valence-electron chi connectivity index (χ0n) is 8.55. The number of amidine groups is 2. The van der Waals surface area contributed by atoms with Gasteiger partial charge in [-0.25, -0.2) is 0 Å². The number of rotatable bonds is 5. The molecule has 0 saturated heterocycles. The Hall–Kier alpha value is -0.761. The van der Waals surface area contributed by atoms with Crippen molar-refractivity contribution in [2.24, 2.45) is 31.9 Å².